The van der Waals surface area contributed by atoms with Crippen LogP contribution in [0.5, 0.6) is 5.75 Å². The van der Waals surface area contributed by atoms with E-state index in [1.54, 1.807) is 12.1 Å². The second-order valence-electron chi connectivity index (χ2n) is 4.14. The van der Waals surface area contributed by atoms with E-state index < -0.39 is 5.63 Å². The monoisotopic (exact) mass is 254 g/mol. The highest BCUT2D eigenvalue weighted by molar-refractivity contribution is 5.85. The fraction of sp³-hybridized carbons (Fsp3) is 0.0714. The minimum atomic E-state index is -0.625. The molecule has 3 rings (SSSR count). The molecule has 0 unspecified atom stereocenters. The lowest BCUT2D eigenvalue weighted by atomic mass is 10.0. The number of hydrogen-bond acceptors (Lipinski definition) is 5. The Kier molecular flexibility index (Phi) is 2.52. The zero-order valence-corrected chi connectivity index (χ0v) is 10.1. The SMILES string of the molecule is Cc1ccccc1-c1c(O)c2nccnc2oc1=O. The van der Waals surface area contributed by atoms with Crippen LogP contribution in [0.1, 0.15) is 5.56 Å². The van der Waals surface area contributed by atoms with Gasteiger partial charge in [-0.05, 0) is 18.1 Å². The van der Waals surface area contributed by atoms with Gasteiger partial charge < -0.3 is 9.52 Å². The van der Waals surface area contributed by atoms with E-state index in [1.165, 1.54) is 12.4 Å². The number of aromatic nitrogens is 2. The molecule has 0 aliphatic carbocycles. The van der Waals surface area contributed by atoms with Crippen LogP contribution in [0, 0.1) is 6.92 Å². The lowest BCUT2D eigenvalue weighted by Crippen LogP contribution is -2.05. The van der Waals surface area contributed by atoms with Crippen LogP contribution in [0.15, 0.2) is 45.9 Å². The average molecular weight is 254 g/mol. The fourth-order valence-electron chi connectivity index (χ4n) is 2.01. The summed E-state index contributed by atoms with van der Waals surface area (Å²) in [5.74, 6) is -0.200. The van der Waals surface area contributed by atoms with Gasteiger partial charge >= 0.3 is 5.63 Å². The maximum atomic E-state index is 12.0. The molecule has 0 aliphatic heterocycles. The molecule has 0 amide bonds. The molecule has 0 atom stereocenters. The number of hydrogen-bond donors (Lipinski definition) is 1. The van der Waals surface area contributed by atoms with Gasteiger partial charge in [0.25, 0.3) is 5.71 Å². The third-order valence-corrected chi connectivity index (χ3v) is 2.93. The van der Waals surface area contributed by atoms with Crippen molar-refractivity contribution in [1.82, 2.24) is 9.97 Å². The van der Waals surface area contributed by atoms with E-state index in [4.69, 9.17) is 4.42 Å². The topological polar surface area (TPSA) is 76.2 Å². The minimum absolute atomic E-state index is 0.0299. The van der Waals surface area contributed by atoms with Crippen LogP contribution in [0.4, 0.5) is 0 Å². The highest BCUT2D eigenvalue weighted by Crippen LogP contribution is 2.32. The van der Waals surface area contributed by atoms with Crippen LogP contribution in [-0.2, 0) is 0 Å². The lowest BCUT2D eigenvalue weighted by Gasteiger charge is -2.07. The number of nitrogens with zero attached hydrogens (tertiary/aromatic N) is 2. The first-order valence-electron chi connectivity index (χ1n) is 5.71. The summed E-state index contributed by atoms with van der Waals surface area (Å²) in [5, 5.41) is 10.2. The van der Waals surface area contributed by atoms with Gasteiger partial charge in [0.1, 0.15) is 5.56 Å². The van der Waals surface area contributed by atoms with Gasteiger partial charge in [0.15, 0.2) is 11.3 Å². The number of aryl methyl sites for hydroxylation is 1. The van der Waals surface area contributed by atoms with Crippen molar-refractivity contribution in [3.8, 4) is 16.9 Å². The highest BCUT2D eigenvalue weighted by atomic mass is 16.4. The summed E-state index contributed by atoms with van der Waals surface area (Å²) in [7, 11) is 0. The van der Waals surface area contributed by atoms with E-state index in [1.807, 2.05) is 19.1 Å². The molecule has 5 heteroatoms. The van der Waals surface area contributed by atoms with E-state index in [9.17, 15) is 9.90 Å². The molecule has 0 fully saturated rings. The van der Waals surface area contributed by atoms with Crippen LogP contribution < -0.4 is 5.63 Å². The molecular weight excluding hydrogens is 244 g/mol. The molecule has 0 bridgehead atoms. The molecule has 2 heterocycles. The van der Waals surface area contributed by atoms with Crippen LogP contribution >= 0.6 is 0 Å². The Morgan fingerprint density at radius 1 is 1.16 bits per heavy atom. The summed E-state index contributed by atoms with van der Waals surface area (Å²) in [4.78, 5) is 19.9. The van der Waals surface area contributed by atoms with Crippen molar-refractivity contribution in [2.75, 3.05) is 0 Å². The summed E-state index contributed by atoms with van der Waals surface area (Å²) in [5.41, 5.74) is 1.20. The molecular formula is C14H10N2O3. The maximum Gasteiger partial charge on any atom is 0.349 e. The zero-order valence-electron chi connectivity index (χ0n) is 10.1. The fourth-order valence-corrected chi connectivity index (χ4v) is 2.01. The molecule has 0 spiro atoms. The molecule has 1 N–H and O–H groups in total. The Morgan fingerprint density at radius 2 is 1.89 bits per heavy atom. The van der Waals surface area contributed by atoms with Gasteiger partial charge in [-0.25, -0.2) is 14.8 Å². The average Bonchev–Trinajstić information content (AvgIpc) is 2.41. The van der Waals surface area contributed by atoms with E-state index in [0.717, 1.165) is 5.56 Å². The molecule has 2 aromatic heterocycles. The Hall–Kier alpha value is -2.69. The first-order valence-corrected chi connectivity index (χ1v) is 5.71. The Morgan fingerprint density at radius 3 is 2.68 bits per heavy atom. The van der Waals surface area contributed by atoms with Gasteiger partial charge in [0.05, 0.1) is 0 Å². The minimum Gasteiger partial charge on any atom is -0.505 e. The first-order chi connectivity index (χ1) is 9.18. The van der Waals surface area contributed by atoms with Crippen LogP contribution in [0.25, 0.3) is 22.4 Å². The van der Waals surface area contributed by atoms with E-state index >= 15 is 0 Å². The number of fused-ring (bicyclic) bond motifs is 1. The van der Waals surface area contributed by atoms with Gasteiger partial charge in [0, 0.05) is 12.4 Å². The third kappa shape index (κ3) is 1.76. The maximum absolute atomic E-state index is 12.0. The van der Waals surface area contributed by atoms with Crippen molar-refractivity contribution in [3.05, 3.63) is 52.6 Å². The summed E-state index contributed by atoms with van der Waals surface area (Å²) in [6, 6.07) is 7.26. The van der Waals surface area contributed by atoms with Crippen molar-refractivity contribution in [3.63, 3.8) is 0 Å². The van der Waals surface area contributed by atoms with Crippen molar-refractivity contribution < 1.29 is 9.52 Å². The normalized spacial score (nSPS) is 10.8. The van der Waals surface area contributed by atoms with Crippen LogP contribution in [0.3, 0.4) is 0 Å². The molecule has 5 nitrogen and oxygen atoms in total. The van der Waals surface area contributed by atoms with E-state index in [0.29, 0.717) is 5.56 Å². The van der Waals surface area contributed by atoms with Crippen LogP contribution in [0.2, 0.25) is 0 Å². The Labute approximate surface area is 108 Å². The lowest BCUT2D eigenvalue weighted by molar-refractivity contribution is 0.467. The van der Waals surface area contributed by atoms with E-state index in [-0.39, 0.29) is 22.5 Å². The second kappa shape index (κ2) is 4.20. The number of rotatable bonds is 1. The molecule has 94 valence electrons. The standard InChI is InChI=1S/C14H10N2O3/c1-8-4-2-3-5-9(8)10-12(17)11-13(19-14(10)18)16-7-6-15-11/h2-7,17H,1H3. The van der Waals surface area contributed by atoms with Crippen molar-refractivity contribution in [2.45, 2.75) is 6.92 Å². The molecule has 0 saturated carbocycles. The zero-order chi connectivity index (χ0) is 13.4. The quantitative estimate of drug-likeness (QED) is 0.720. The summed E-state index contributed by atoms with van der Waals surface area (Å²) < 4.78 is 5.09. The van der Waals surface area contributed by atoms with Gasteiger partial charge in [-0.1, -0.05) is 24.3 Å². The molecule has 3 aromatic rings. The van der Waals surface area contributed by atoms with Crippen molar-refractivity contribution in [1.29, 1.82) is 0 Å². The smallest absolute Gasteiger partial charge is 0.349 e. The second-order valence-corrected chi connectivity index (χ2v) is 4.14. The van der Waals surface area contributed by atoms with Crippen LogP contribution in [-0.4, -0.2) is 15.1 Å². The predicted octanol–water partition coefficient (Wildman–Crippen LogP) is 2.26. The van der Waals surface area contributed by atoms with Crippen molar-refractivity contribution in [2.24, 2.45) is 0 Å². The summed E-state index contributed by atoms with van der Waals surface area (Å²) in [6.07, 6.45) is 2.84. The summed E-state index contributed by atoms with van der Waals surface area (Å²) >= 11 is 0. The van der Waals surface area contributed by atoms with Gasteiger partial charge in [-0.2, -0.15) is 0 Å². The number of benzene rings is 1. The highest BCUT2D eigenvalue weighted by Gasteiger charge is 2.18. The van der Waals surface area contributed by atoms with Gasteiger partial charge in [-0.15, -0.1) is 0 Å². The first kappa shape index (κ1) is 11.4. The van der Waals surface area contributed by atoms with Crippen molar-refractivity contribution >= 4 is 11.2 Å². The Bertz CT molecular complexity index is 824. The molecule has 0 saturated heterocycles. The van der Waals surface area contributed by atoms with Gasteiger partial charge in [-0.3, -0.25) is 0 Å². The largest absolute Gasteiger partial charge is 0.505 e. The predicted molar refractivity (Wildman–Crippen MR) is 69.9 cm³/mol. The molecule has 0 radical (unpaired) electrons. The van der Waals surface area contributed by atoms with E-state index in [2.05, 4.69) is 9.97 Å². The Balaban J connectivity index is 2.43. The summed E-state index contributed by atoms with van der Waals surface area (Å²) in [6.45, 7) is 1.86. The molecule has 19 heavy (non-hydrogen) atoms. The van der Waals surface area contributed by atoms with Gasteiger partial charge in [0.2, 0.25) is 0 Å². The molecule has 0 aliphatic rings. The number of aromatic hydroxyl groups is 1. The molecule has 1 aromatic carbocycles. The third-order valence-electron chi connectivity index (χ3n) is 2.93.